The van der Waals surface area contributed by atoms with Gasteiger partial charge < -0.3 is 14.6 Å². The van der Waals surface area contributed by atoms with Crippen LogP contribution in [0.5, 0.6) is 0 Å². The number of nitrogens with zero attached hydrogens (tertiary/aromatic N) is 3. The van der Waals surface area contributed by atoms with Crippen LogP contribution in [0.2, 0.25) is 0 Å². The number of pyridine rings is 1. The molecule has 1 atom stereocenters. The molecule has 0 bridgehead atoms. The van der Waals surface area contributed by atoms with E-state index >= 15 is 0 Å². The summed E-state index contributed by atoms with van der Waals surface area (Å²) in [4.78, 5) is 21.0. The van der Waals surface area contributed by atoms with Crippen LogP contribution in [-0.4, -0.2) is 34.2 Å². The van der Waals surface area contributed by atoms with Crippen LogP contribution < -0.4 is 5.32 Å². The van der Waals surface area contributed by atoms with Crippen LogP contribution in [0.4, 0.5) is 0 Å². The van der Waals surface area contributed by atoms with E-state index in [2.05, 4.69) is 20.4 Å². The van der Waals surface area contributed by atoms with Gasteiger partial charge in [0.2, 0.25) is 11.8 Å². The Hall–Kier alpha value is -2.28. The van der Waals surface area contributed by atoms with Crippen molar-refractivity contribution in [3.05, 3.63) is 41.8 Å². The van der Waals surface area contributed by atoms with Crippen molar-refractivity contribution in [2.24, 2.45) is 5.92 Å². The predicted molar refractivity (Wildman–Crippen MR) is 95.4 cm³/mol. The van der Waals surface area contributed by atoms with Gasteiger partial charge in [-0.05, 0) is 42.9 Å². The van der Waals surface area contributed by atoms with Gasteiger partial charge in [-0.1, -0.05) is 19.0 Å². The lowest BCUT2D eigenvalue weighted by atomic mass is 9.91. The first-order valence-corrected chi connectivity index (χ1v) is 9.23. The van der Waals surface area contributed by atoms with Gasteiger partial charge in [0, 0.05) is 37.9 Å². The van der Waals surface area contributed by atoms with Gasteiger partial charge in [-0.25, -0.2) is 0 Å². The summed E-state index contributed by atoms with van der Waals surface area (Å²) < 4.78 is 10.9. The van der Waals surface area contributed by atoms with Crippen LogP contribution in [-0.2, 0) is 16.0 Å². The zero-order valence-corrected chi connectivity index (χ0v) is 15.4. The number of rotatable bonds is 7. The molecule has 1 fully saturated rings. The molecule has 0 aliphatic carbocycles. The first-order valence-electron chi connectivity index (χ1n) is 9.23. The minimum absolute atomic E-state index is 0.0115. The summed E-state index contributed by atoms with van der Waals surface area (Å²) in [6.45, 7) is 5.43. The zero-order valence-electron chi connectivity index (χ0n) is 15.4. The zero-order chi connectivity index (χ0) is 18.4. The number of carbonyl (C=O) groups excluding carboxylic acids is 1. The van der Waals surface area contributed by atoms with Crippen molar-refractivity contribution < 1.29 is 14.1 Å². The number of nitrogens with one attached hydrogen (secondary N) is 1. The number of aromatic nitrogens is 3. The third-order valence-corrected chi connectivity index (χ3v) is 4.68. The molecule has 140 valence electrons. The highest BCUT2D eigenvalue weighted by Gasteiger charge is 2.31. The second kappa shape index (κ2) is 8.89. The van der Waals surface area contributed by atoms with Crippen LogP contribution in [0.25, 0.3) is 0 Å². The molecule has 0 saturated carbocycles. The topological polar surface area (TPSA) is 90.1 Å². The molecule has 1 amide bonds. The average molecular weight is 358 g/mol. The van der Waals surface area contributed by atoms with Crippen molar-refractivity contribution in [1.82, 2.24) is 20.4 Å². The molecule has 3 heterocycles. The van der Waals surface area contributed by atoms with Gasteiger partial charge in [0.1, 0.15) is 6.04 Å². The summed E-state index contributed by atoms with van der Waals surface area (Å²) in [6, 6.07) is 3.59. The summed E-state index contributed by atoms with van der Waals surface area (Å²) in [5.74, 6) is 1.59. The van der Waals surface area contributed by atoms with Crippen molar-refractivity contribution in [3.63, 3.8) is 0 Å². The summed E-state index contributed by atoms with van der Waals surface area (Å²) in [5, 5.41) is 7.18. The average Bonchev–Trinajstić information content (AvgIpc) is 3.16. The Bertz CT molecular complexity index is 696. The molecular weight excluding hydrogens is 332 g/mol. The molecular formula is C19H26N4O3. The number of amides is 1. The standard InChI is InChI=1S/C19H26N4O3/c1-13(2)18-22-19(26-23-18)17(15-7-11-25-12-8-15)21-16(24)4-3-14-5-9-20-10-6-14/h5-6,9-10,13,15,17H,3-4,7-8,11-12H2,1-2H3,(H,21,24). The van der Waals surface area contributed by atoms with E-state index in [-0.39, 0.29) is 23.8 Å². The van der Waals surface area contributed by atoms with Gasteiger partial charge in [0.15, 0.2) is 5.82 Å². The van der Waals surface area contributed by atoms with Gasteiger partial charge in [0.25, 0.3) is 0 Å². The third kappa shape index (κ3) is 4.88. The quantitative estimate of drug-likeness (QED) is 0.818. The number of ether oxygens (including phenoxy) is 1. The molecule has 1 aliphatic rings. The maximum Gasteiger partial charge on any atom is 0.249 e. The van der Waals surface area contributed by atoms with Crippen molar-refractivity contribution in [2.75, 3.05) is 13.2 Å². The Kier molecular flexibility index (Phi) is 6.33. The van der Waals surface area contributed by atoms with E-state index in [1.807, 2.05) is 26.0 Å². The van der Waals surface area contributed by atoms with E-state index in [1.54, 1.807) is 12.4 Å². The summed E-state index contributed by atoms with van der Waals surface area (Å²) in [5.41, 5.74) is 1.10. The minimum Gasteiger partial charge on any atom is -0.381 e. The van der Waals surface area contributed by atoms with Gasteiger partial charge in [0.05, 0.1) is 0 Å². The smallest absolute Gasteiger partial charge is 0.249 e. The fraction of sp³-hybridized carbons (Fsp3) is 0.579. The van der Waals surface area contributed by atoms with Crippen molar-refractivity contribution in [1.29, 1.82) is 0 Å². The van der Waals surface area contributed by atoms with Gasteiger partial charge in [-0.3, -0.25) is 9.78 Å². The summed E-state index contributed by atoms with van der Waals surface area (Å²) in [6.07, 6.45) is 6.31. The molecule has 7 nitrogen and oxygen atoms in total. The van der Waals surface area contributed by atoms with E-state index in [4.69, 9.17) is 9.26 Å². The van der Waals surface area contributed by atoms with E-state index in [0.29, 0.717) is 37.8 Å². The van der Waals surface area contributed by atoms with Crippen molar-refractivity contribution in [2.45, 2.75) is 51.5 Å². The largest absolute Gasteiger partial charge is 0.381 e. The van der Waals surface area contributed by atoms with Gasteiger partial charge in [-0.15, -0.1) is 0 Å². The number of aryl methyl sites for hydroxylation is 1. The number of hydrogen-bond acceptors (Lipinski definition) is 6. The summed E-state index contributed by atoms with van der Waals surface area (Å²) >= 11 is 0. The molecule has 2 aromatic rings. The first kappa shape index (κ1) is 18.5. The van der Waals surface area contributed by atoms with E-state index in [9.17, 15) is 4.79 Å². The molecule has 1 N–H and O–H groups in total. The van der Waals surface area contributed by atoms with Gasteiger partial charge >= 0.3 is 0 Å². The monoisotopic (exact) mass is 358 g/mol. The molecule has 2 aromatic heterocycles. The Morgan fingerprint density at radius 1 is 1.27 bits per heavy atom. The Morgan fingerprint density at radius 2 is 2.00 bits per heavy atom. The number of carbonyl (C=O) groups is 1. The maximum atomic E-state index is 12.5. The second-order valence-electron chi connectivity index (χ2n) is 7.00. The highest BCUT2D eigenvalue weighted by atomic mass is 16.5. The maximum absolute atomic E-state index is 12.5. The second-order valence-corrected chi connectivity index (χ2v) is 7.00. The SMILES string of the molecule is CC(C)c1noc(C(NC(=O)CCc2ccncc2)C2CCOCC2)n1. The highest BCUT2D eigenvalue weighted by molar-refractivity contribution is 5.76. The van der Waals surface area contributed by atoms with Crippen molar-refractivity contribution >= 4 is 5.91 Å². The van der Waals surface area contributed by atoms with Crippen LogP contribution in [0.1, 0.15) is 62.3 Å². The Labute approximate surface area is 153 Å². The van der Waals surface area contributed by atoms with E-state index in [0.717, 1.165) is 18.4 Å². The molecule has 1 aliphatic heterocycles. The molecule has 0 radical (unpaired) electrons. The number of hydrogen-bond donors (Lipinski definition) is 1. The van der Waals surface area contributed by atoms with Crippen LogP contribution >= 0.6 is 0 Å². The van der Waals surface area contributed by atoms with Crippen LogP contribution in [0.15, 0.2) is 29.0 Å². The lowest BCUT2D eigenvalue weighted by Gasteiger charge is -2.28. The van der Waals surface area contributed by atoms with E-state index in [1.165, 1.54) is 0 Å². The highest BCUT2D eigenvalue weighted by Crippen LogP contribution is 2.30. The fourth-order valence-corrected chi connectivity index (χ4v) is 3.09. The predicted octanol–water partition coefficient (Wildman–Crippen LogP) is 2.80. The first-order chi connectivity index (χ1) is 12.6. The minimum atomic E-state index is -0.260. The van der Waals surface area contributed by atoms with Gasteiger partial charge in [-0.2, -0.15) is 4.98 Å². The Balaban J connectivity index is 1.67. The molecule has 0 spiro atoms. The van der Waals surface area contributed by atoms with Crippen LogP contribution in [0, 0.1) is 5.92 Å². The van der Waals surface area contributed by atoms with E-state index < -0.39 is 0 Å². The third-order valence-electron chi connectivity index (χ3n) is 4.68. The molecule has 0 aromatic carbocycles. The van der Waals surface area contributed by atoms with Crippen LogP contribution in [0.3, 0.4) is 0 Å². The molecule has 1 saturated heterocycles. The molecule has 7 heteroatoms. The summed E-state index contributed by atoms with van der Waals surface area (Å²) in [7, 11) is 0. The molecule has 3 rings (SSSR count). The van der Waals surface area contributed by atoms with Crippen molar-refractivity contribution in [3.8, 4) is 0 Å². The lowest BCUT2D eigenvalue weighted by Crippen LogP contribution is -2.36. The fourth-order valence-electron chi connectivity index (χ4n) is 3.09. The molecule has 26 heavy (non-hydrogen) atoms. The molecule has 1 unspecified atom stereocenters. The normalized spacial score (nSPS) is 16.6. The Morgan fingerprint density at radius 3 is 2.65 bits per heavy atom. The lowest BCUT2D eigenvalue weighted by molar-refractivity contribution is -0.122.